The Bertz CT molecular complexity index is 1120. The van der Waals surface area contributed by atoms with Gasteiger partial charge in [-0.2, -0.15) is 0 Å². The van der Waals surface area contributed by atoms with E-state index in [0.29, 0.717) is 36.4 Å². The smallest absolute Gasteiger partial charge is 0.420 e. The number of pyridine rings is 2. The van der Waals surface area contributed by atoms with Crippen molar-refractivity contribution in [3.8, 4) is 5.75 Å². The van der Waals surface area contributed by atoms with Crippen molar-refractivity contribution in [2.24, 2.45) is 0 Å². The monoisotopic (exact) mass is 495 g/mol. The van der Waals surface area contributed by atoms with Crippen LogP contribution < -0.4 is 19.9 Å². The number of aromatic nitrogens is 2. The van der Waals surface area contributed by atoms with Crippen LogP contribution in [0.25, 0.3) is 0 Å². The molecule has 0 saturated carbocycles. The van der Waals surface area contributed by atoms with Gasteiger partial charge >= 0.3 is 6.09 Å². The molecule has 0 radical (unpaired) electrons. The number of piperidine rings is 1. The first kappa shape index (κ1) is 24.8. The molecular formula is C27H37N5O4. The van der Waals surface area contributed by atoms with Gasteiger partial charge in [0.25, 0.3) is 0 Å². The number of morpholine rings is 1. The molecule has 3 aliphatic rings. The Hall–Kier alpha value is -2.91. The van der Waals surface area contributed by atoms with Gasteiger partial charge in [0.1, 0.15) is 11.7 Å². The number of carbonyl (C=O) groups excluding carboxylic acids is 1. The fourth-order valence-electron chi connectivity index (χ4n) is 5.25. The zero-order valence-corrected chi connectivity index (χ0v) is 22.0. The maximum atomic E-state index is 13.8. The molecule has 1 atom stereocenters. The molecule has 0 bridgehead atoms. The van der Waals surface area contributed by atoms with E-state index in [1.54, 1.807) is 11.1 Å². The zero-order chi connectivity index (χ0) is 25.4. The van der Waals surface area contributed by atoms with Crippen molar-refractivity contribution in [2.45, 2.75) is 65.1 Å². The summed E-state index contributed by atoms with van der Waals surface area (Å²) in [4.78, 5) is 27.4. The van der Waals surface area contributed by atoms with Crippen LogP contribution in [0.15, 0.2) is 18.3 Å². The SMILES string of the molecule is Cc1nc(C2CCNCC2)cc2c1OC(C)c1c(N3CCOCC3)ccnc1N2C(=O)OC(C)(C)C. The third-order valence-electron chi connectivity index (χ3n) is 6.93. The summed E-state index contributed by atoms with van der Waals surface area (Å²) < 4.78 is 18.1. The molecule has 0 spiro atoms. The highest BCUT2D eigenvalue weighted by atomic mass is 16.6. The molecule has 2 aromatic heterocycles. The van der Waals surface area contributed by atoms with Crippen molar-refractivity contribution in [3.05, 3.63) is 35.3 Å². The number of nitrogens with one attached hydrogen (secondary N) is 1. The average molecular weight is 496 g/mol. The molecule has 2 aromatic rings. The number of hydrogen-bond donors (Lipinski definition) is 1. The van der Waals surface area contributed by atoms with Crippen LogP contribution in [0.1, 0.15) is 69.5 Å². The number of carbonyl (C=O) groups is 1. The number of rotatable bonds is 2. The van der Waals surface area contributed by atoms with E-state index in [0.717, 1.165) is 61.7 Å². The lowest BCUT2D eigenvalue weighted by Gasteiger charge is -2.33. The quantitative estimate of drug-likeness (QED) is 0.646. The van der Waals surface area contributed by atoms with Crippen molar-refractivity contribution in [1.82, 2.24) is 15.3 Å². The second-order valence-corrected chi connectivity index (χ2v) is 10.7. The average Bonchev–Trinajstić information content (AvgIpc) is 2.98. The second-order valence-electron chi connectivity index (χ2n) is 10.7. The third-order valence-corrected chi connectivity index (χ3v) is 6.93. The predicted molar refractivity (Wildman–Crippen MR) is 139 cm³/mol. The predicted octanol–water partition coefficient (Wildman–Crippen LogP) is 4.62. The standard InChI is InChI=1S/C27H37N5O4/c1-17-24-22(16-20(30-17)19-6-9-28-10-7-19)32(26(33)36-27(3,4)5)25-23(18(2)35-24)21(8-11-29-25)31-12-14-34-15-13-31/h8,11,16,18-19,28H,6-7,9-10,12-15H2,1-5H3. The minimum absolute atomic E-state index is 0.323. The highest BCUT2D eigenvalue weighted by Gasteiger charge is 2.38. The minimum Gasteiger partial charge on any atom is -0.482 e. The van der Waals surface area contributed by atoms with Gasteiger partial charge in [-0.3, -0.25) is 4.98 Å². The number of aryl methyl sites for hydroxylation is 1. The molecule has 1 N–H and O–H groups in total. The fourth-order valence-corrected chi connectivity index (χ4v) is 5.25. The van der Waals surface area contributed by atoms with Crippen LogP contribution in [0.3, 0.4) is 0 Å². The summed E-state index contributed by atoms with van der Waals surface area (Å²) in [5.41, 5.74) is 3.58. The van der Waals surface area contributed by atoms with E-state index in [2.05, 4.69) is 10.2 Å². The maximum absolute atomic E-state index is 13.8. The van der Waals surface area contributed by atoms with Gasteiger partial charge in [0.2, 0.25) is 0 Å². The lowest BCUT2D eigenvalue weighted by atomic mass is 9.93. The number of ether oxygens (including phenoxy) is 3. The van der Waals surface area contributed by atoms with Crippen LogP contribution in [-0.4, -0.2) is 61.1 Å². The summed E-state index contributed by atoms with van der Waals surface area (Å²) in [6, 6.07) is 4.01. The van der Waals surface area contributed by atoms with Crippen LogP contribution in [0.4, 0.5) is 22.0 Å². The van der Waals surface area contributed by atoms with Gasteiger partial charge in [0, 0.05) is 36.6 Å². The van der Waals surface area contributed by atoms with Gasteiger partial charge in [0.05, 0.1) is 30.2 Å². The van der Waals surface area contributed by atoms with Crippen molar-refractivity contribution in [1.29, 1.82) is 0 Å². The second kappa shape index (κ2) is 9.86. The Morgan fingerprint density at radius 2 is 1.89 bits per heavy atom. The van der Waals surface area contributed by atoms with Crippen LogP contribution in [0.2, 0.25) is 0 Å². The van der Waals surface area contributed by atoms with Crippen molar-refractivity contribution in [2.75, 3.05) is 49.2 Å². The van der Waals surface area contributed by atoms with Gasteiger partial charge in [-0.05, 0) is 72.7 Å². The highest BCUT2D eigenvalue weighted by Crippen LogP contribution is 2.48. The largest absolute Gasteiger partial charge is 0.482 e. The van der Waals surface area contributed by atoms with E-state index >= 15 is 0 Å². The first-order valence-electron chi connectivity index (χ1n) is 13.0. The van der Waals surface area contributed by atoms with Crippen LogP contribution in [0.5, 0.6) is 5.75 Å². The molecular weight excluding hydrogens is 458 g/mol. The van der Waals surface area contributed by atoms with E-state index in [1.165, 1.54) is 0 Å². The van der Waals surface area contributed by atoms with Gasteiger partial charge in [-0.1, -0.05) is 0 Å². The zero-order valence-electron chi connectivity index (χ0n) is 22.0. The molecule has 3 aliphatic heterocycles. The van der Waals surface area contributed by atoms with Gasteiger partial charge < -0.3 is 24.4 Å². The highest BCUT2D eigenvalue weighted by molar-refractivity contribution is 5.99. The lowest BCUT2D eigenvalue weighted by Crippen LogP contribution is -2.38. The molecule has 2 saturated heterocycles. The molecule has 2 fully saturated rings. The molecule has 9 nitrogen and oxygen atoms in total. The summed E-state index contributed by atoms with van der Waals surface area (Å²) in [6.45, 7) is 14.3. The summed E-state index contributed by atoms with van der Waals surface area (Å²) >= 11 is 0. The Morgan fingerprint density at radius 1 is 1.17 bits per heavy atom. The van der Waals surface area contributed by atoms with E-state index in [1.807, 2.05) is 46.8 Å². The Kier molecular flexibility index (Phi) is 6.78. The molecule has 5 rings (SSSR count). The molecule has 1 unspecified atom stereocenters. The van der Waals surface area contributed by atoms with Crippen molar-refractivity contribution >= 4 is 23.3 Å². The molecule has 1 amide bonds. The Balaban J connectivity index is 1.68. The molecule has 5 heterocycles. The van der Waals surface area contributed by atoms with Crippen LogP contribution in [-0.2, 0) is 9.47 Å². The Labute approximate surface area is 213 Å². The first-order valence-corrected chi connectivity index (χ1v) is 13.0. The molecule has 194 valence electrons. The molecule has 0 aliphatic carbocycles. The molecule has 36 heavy (non-hydrogen) atoms. The molecule has 0 aromatic carbocycles. The van der Waals surface area contributed by atoms with Crippen molar-refractivity contribution in [3.63, 3.8) is 0 Å². The van der Waals surface area contributed by atoms with Crippen molar-refractivity contribution < 1.29 is 19.0 Å². The summed E-state index contributed by atoms with van der Waals surface area (Å²) in [5, 5.41) is 3.42. The first-order chi connectivity index (χ1) is 17.2. The van der Waals surface area contributed by atoms with Crippen LogP contribution >= 0.6 is 0 Å². The van der Waals surface area contributed by atoms with Crippen LogP contribution in [0, 0.1) is 6.92 Å². The van der Waals surface area contributed by atoms with E-state index < -0.39 is 11.7 Å². The molecule has 9 heteroatoms. The van der Waals surface area contributed by atoms with Gasteiger partial charge in [-0.15, -0.1) is 0 Å². The van der Waals surface area contributed by atoms with E-state index in [4.69, 9.17) is 24.2 Å². The number of amides is 1. The summed E-state index contributed by atoms with van der Waals surface area (Å²) in [6.07, 6.45) is 2.95. The number of nitrogens with zero attached hydrogens (tertiary/aromatic N) is 4. The van der Waals surface area contributed by atoms with Gasteiger partial charge in [0.15, 0.2) is 11.6 Å². The number of anilines is 3. The summed E-state index contributed by atoms with van der Waals surface area (Å²) in [5.74, 6) is 1.46. The number of fused-ring (bicyclic) bond motifs is 2. The minimum atomic E-state index is -0.669. The lowest BCUT2D eigenvalue weighted by molar-refractivity contribution is 0.0598. The van der Waals surface area contributed by atoms with Gasteiger partial charge in [-0.25, -0.2) is 14.7 Å². The van der Waals surface area contributed by atoms with E-state index in [9.17, 15) is 4.79 Å². The topological polar surface area (TPSA) is 89.1 Å². The maximum Gasteiger partial charge on any atom is 0.420 e. The third kappa shape index (κ3) is 4.86. The number of hydrogen-bond acceptors (Lipinski definition) is 8. The summed E-state index contributed by atoms with van der Waals surface area (Å²) in [7, 11) is 0. The van der Waals surface area contributed by atoms with E-state index in [-0.39, 0.29) is 6.10 Å². The Morgan fingerprint density at radius 3 is 2.58 bits per heavy atom. The normalized spacial score (nSPS) is 20.8. The fraction of sp³-hybridized carbons (Fsp3) is 0.593.